The third-order valence-electron chi connectivity index (χ3n) is 2.96. The fourth-order valence-corrected chi connectivity index (χ4v) is 2.89. The van der Waals surface area contributed by atoms with E-state index in [1.807, 2.05) is 13.0 Å². The number of nitrogens with two attached hydrogens (primary N) is 1. The van der Waals surface area contributed by atoms with Crippen LogP contribution in [-0.2, 0) is 10.0 Å². The predicted molar refractivity (Wildman–Crippen MR) is 88.0 cm³/mol. The van der Waals surface area contributed by atoms with Crippen molar-refractivity contribution in [1.29, 1.82) is 5.26 Å². The molecule has 1 heterocycles. The molecule has 0 saturated heterocycles. The molecule has 0 aliphatic rings. The summed E-state index contributed by atoms with van der Waals surface area (Å²) in [5.74, 6) is -0.0423. The summed E-state index contributed by atoms with van der Waals surface area (Å²) in [5.41, 5.74) is 7.80. The van der Waals surface area contributed by atoms with Gasteiger partial charge in [0.05, 0.1) is 23.6 Å². The van der Waals surface area contributed by atoms with Gasteiger partial charge in [0.1, 0.15) is 10.7 Å². The molecule has 120 valence electrons. The second-order valence-corrected chi connectivity index (χ2v) is 6.54. The van der Waals surface area contributed by atoms with Crippen LogP contribution in [0.4, 0.5) is 17.2 Å². The Morgan fingerprint density at radius 1 is 1.43 bits per heavy atom. The molecule has 0 radical (unpaired) electrons. The zero-order valence-corrected chi connectivity index (χ0v) is 13.4. The van der Waals surface area contributed by atoms with Crippen molar-refractivity contribution in [3.63, 3.8) is 0 Å². The van der Waals surface area contributed by atoms with Gasteiger partial charge in [0.25, 0.3) is 10.0 Å². The molecule has 0 atom stereocenters. The number of hydrogen-bond donors (Lipinski definition) is 4. The number of H-pyrrole nitrogens is 1. The van der Waals surface area contributed by atoms with Crippen LogP contribution in [-0.4, -0.2) is 18.6 Å². The summed E-state index contributed by atoms with van der Waals surface area (Å²) in [5, 5.41) is 17.7. The minimum atomic E-state index is -3.87. The molecule has 2 rings (SSSR count). The number of nitrogen functional groups attached to an aromatic ring is 1. The van der Waals surface area contributed by atoms with Crippen LogP contribution in [0.2, 0.25) is 0 Å². The largest absolute Gasteiger partial charge is 0.383 e. The van der Waals surface area contributed by atoms with Gasteiger partial charge in [-0.05, 0) is 31.5 Å². The van der Waals surface area contributed by atoms with Crippen molar-refractivity contribution in [2.75, 3.05) is 15.8 Å². The summed E-state index contributed by atoms with van der Waals surface area (Å²) < 4.78 is 27.2. The summed E-state index contributed by atoms with van der Waals surface area (Å²) >= 11 is 0. The lowest BCUT2D eigenvalue weighted by atomic mass is 10.2. The van der Waals surface area contributed by atoms with Crippen molar-refractivity contribution >= 4 is 27.2 Å². The van der Waals surface area contributed by atoms with Gasteiger partial charge in [-0.3, -0.25) is 9.82 Å². The average molecular weight is 332 g/mol. The molecule has 2 aromatic rings. The number of nitriles is 1. The van der Waals surface area contributed by atoms with E-state index in [0.717, 1.165) is 11.8 Å². The Bertz CT molecular complexity index is 892. The number of allylic oxidation sites excluding steroid dienone is 1. The Morgan fingerprint density at radius 3 is 2.78 bits per heavy atom. The Morgan fingerprint density at radius 2 is 2.17 bits per heavy atom. The zero-order chi connectivity index (χ0) is 17.0. The van der Waals surface area contributed by atoms with Gasteiger partial charge in [-0.1, -0.05) is 6.07 Å². The van der Waals surface area contributed by atoms with Gasteiger partial charge in [-0.15, -0.1) is 0 Å². The standard InChI is InChI=1S/C14H16N6O2S/c1-9-3-4-11(12(5-9)17-7-10(2)6-15)20-23(21,22)13-8-18-19-14(13)16/h3-5,7-8,17,20H,1-2H3,(H3,16,18,19)/b10-7+. The highest BCUT2D eigenvalue weighted by atomic mass is 32.2. The minimum absolute atomic E-state index is 0.0423. The van der Waals surface area contributed by atoms with Crippen LogP contribution in [0.15, 0.2) is 41.1 Å². The van der Waals surface area contributed by atoms with E-state index in [1.165, 1.54) is 6.20 Å². The van der Waals surface area contributed by atoms with Crippen molar-refractivity contribution in [2.45, 2.75) is 18.7 Å². The number of hydrogen-bond acceptors (Lipinski definition) is 6. The van der Waals surface area contributed by atoms with Gasteiger partial charge in [0.2, 0.25) is 0 Å². The van der Waals surface area contributed by atoms with E-state index in [-0.39, 0.29) is 10.7 Å². The fourth-order valence-electron chi connectivity index (χ4n) is 1.78. The molecular weight excluding hydrogens is 316 g/mol. The first kappa shape index (κ1) is 16.4. The summed E-state index contributed by atoms with van der Waals surface area (Å²) in [4.78, 5) is -0.132. The third kappa shape index (κ3) is 3.81. The summed E-state index contributed by atoms with van der Waals surface area (Å²) in [6, 6.07) is 7.13. The maximum atomic E-state index is 12.4. The lowest BCUT2D eigenvalue weighted by Crippen LogP contribution is -2.15. The van der Waals surface area contributed by atoms with E-state index >= 15 is 0 Å². The summed E-state index contributed by atoms with van der Waals surface area (Å²) in [6.45, 7) is 3.51. The SMILES string of the molecule is C/C(C#N)=C\Nc1cc(C)ccc1NS(=O)(=O)c1cn[nH]c1N. The molecule has 8 nitrogen and oxygen atoms in total. The molecule has 0 spiro atoms. The van der Waals surface area contributed by atoms with Crippen molar-refractivity contribution in [2.24, 2.45) is 0 Å². The Hall–Kier alpha value is -2.99. The van der Waals surface area contributed by atoms with Gasteiger partial charge in [-0.25, -0.2) is 8.42 Å². The molecule has 0 aliphatic carbocycles. The molecule has 23 heavy (non-hydrogen) atoms. The number of benzene rings is 1. The quantitative estimate of drug-likeness (QED) is 0.618. The highest BCUT2D eigenvalue weighted by Crippen LogP contribution is 2.27. The van der Waals surface area contributed by atoms with E-state index in [1.54, 1.807) is 25.1 Å². The van der Waals surface area contributed by atoms with Gasteiger partial charge in [0.15, 0.2) is 0 Å². The number of anilines is 3. The zero-order valence-electron chi connectivity index (χ0n) is 12.6. The predicted octanol–water partition coefficient (Wildman–Crippen LogP) is 1.94. The highest BCUT2D eigenvalue weighted by molar-refractivity contribution is 7.92. The van der Waals surface area contributed by atoms with Gasteiger partial charge in [-0.2, -0.15) is 10.4 Å². The van der Waals surface area contributed by atoms with Crippen LogP contribution in [0.1, 0.15) is 12.5 Å². The number of aromatic amines is 1. The van der Waals surface area contributed by atoms with Crippen molar-refractivity contribution in [3.05, 3.63) is 41.7 Å². The molecule has 5 N–H and O–H groups in total. The highest BCUT2D eigenvalue weighted by Gasteiger charge is 2.20. The van der Waals surface area contributed by atoms with E-state index < -0.39 is 10.0 Å². The fraction of sp³-hybridized carbons (Fsp3) is 0.143. The molecule has 0 unspecified atom stereocenters. The number of rotatable bonds is 5. The summed E-state index contributed by atoms with van der Waals surface area (Å²) in [7, 11) is -3.87. The number of aromatic nitrogens is 2. The van der Waals surface area contributed by atoms with Crippen LogP contribution in [0.3, 0.4) is 0 Å². The number of sulfonamides is 1. The lowest BCUT2D eigenvalue weighted by Gasteiger charge is -2.13. The smallest absolute Gasteiger partial charge is 0.267 e. The molecule has 1 aromatic heterocycles. The van der Waals surface area contributed by atoms with Crippen molar-refractivity contribution < 1.29 is 8.42 Å². The first-order valence-electron chi connectivity index (χ1n) is 6.59. The molecule has 0 bridgehead atoms. The van der Waals surface area contributed by atoms with Gasteiger partial charge >= 0.3 is 0 Å². The second-order valence-electron chi connectivity index (χ2n) is 4.89. The van der Waals surface area contributed by atoms with E-state index in [4.69, 9.17) is 11.0 Å². The maximum Gasteiger partial charge on any atom is 0.267 e. The maximum absolute atomic E-state index is 12.4. The van der Waals surface area contributed by atoms with E-state index in [9.17, 15) is 8.42 Å². The van der Waals surface area contributed by atoms with E-state index in [0.29, 0.717) is 16.9 Å². The molecule has 0 saturated carbocycles. The number of aryl methyl sites for hydroxylation is 1. The molecule has 0 amide bonds. The molecule has 0 fully saturated rings. The minimum Gasteiger partial charge on any atom is -0.383 e. The van der Waals surface area contributed by atoms with Crippen LogP contribution < -0.4 is 15.8 Å². The van der Waals surface area contributed by atoms with Crippen molar-refractivity contribution in [1.82, 2.24) is 10.2 Å². The number of nitrogens with one attached hydrogen (secondary N) is 3. The van der Waals surface area contributed by atoms with Crippen LogP contribution in [0, 0.1) is 18.3 Å². The van der Waals surface area contributed by atoms with Crippen molar-refractivity contribution in [3.8, 4) is 6.07 Å². The Labute approximate surface area is 134 Å². The van der Waals surface area contributed by atoms with Crippen LogP contribution in [0.25, 0.3) is 0 Å². The topological polar surface area (TPSA) is 137 Å². The first-order valence-corrected chi connectivity index (χ1v) is 8.07. The van der Waals surface area contributed by atoms with Crippen LogP contribution >= 0.6 is 0 Å². The Kier molecular flexibility index (Phi) is 4.57. The molecule has 9 heteroatoms. The first-order chi connectivity index (χ1) is 10.8. The second kappa shape index (κ2) is 6.41. The summed E-state index contributed by atoms with van der Waals surface area (Å²) in [6.07, 6.45) is 2.64. The van der Waals surface area contributed by atoms with Gasteiger partial charge in [0, 0.05) is 11.8 Å². The average Bonchev–Trinajstić information content (AvgIpc) is 2.94. The Balaban J connectivity index is 2.37. The normalized spacial score (nSPS) is 11.8. The molecular formula is C14H16N6O2S. The van der Waals surface area contributed by atoms with Gasteiger partial charge < -0.3 is 11.1 Å². The molecule has 0 aliphatic heterocycles. The number of nitrogens with zero attached hydrogens (tertiary/aromatic N) is 2. The third-order valence-corrected chi connectivity index (χ3v) is 4.35. The van der Waals surface area contributed by atoms with E-state index in [2.05, 4.69) is 20.2 Å². The monoisotopic (exact) mass is 332 g/mol. The lowest BCUT2D eigenvalue weighted by molar-refractivity contribution is 0.601. The van der Waals surface area contributed by atoms with Crippen LogP contribution in [0.5, 0.6) is 0 Å². The molecule has 1 aromatic carbocycles.